The fraction of sp³-hybridized carbons (Fsp3) is 0.400. The lowest BCUT2D eigenvalue weighted by atomic mass is 10.2. The first-order valence-corrected chi connectivity index (χ1v) is 6.78. The fourth-order valence-corrected chi connectivity index (χ4v) is 2.88. The number of nitrogens with one attached hydrogen (secondary N) is 2. The average molecular weight is 335 g/mol. The molecule has 1 saturated heterocycles. The normalized spacial score (nSPS) is 16.4. The van der Waals surface area contributed by atoms with Gasteiger partial charge in [0, 0.05) is 19.1 Å². The van der Waals surface area contributed by atoms with Gasteiger partial charge in [0.15, 0.2) is 0 Å². The summed E-state index contributed by atoms with van der Waals surface area (Å²) in [4.78, 5) is -0.991. The average Bonchev–Trinajstić information content (AvgIpc) is 2.22. The Kier molecular flexibility index (Phi) is 5.01. The smallest absolute Gasteiger partial charge is 0.313 e. The van der Waals surface area contributed by atoms with Gasteiger partial charge in [-0.1, -0.05) is 0 Å². The van der Waals surface area contributed by atoms with Gasteiger partial charge in [-0.05, 0) is 18.2 Å². The molecule has 0 amide bonds. The molecule has 0 saturated carbocycles. The molecule has 1 aliphatic rings. The van der Waals surface area contributed by atoms with Crippen LogP contribution in [0.25, 0.3) is 0 Å². The van der Waals surface area contributed by atoms with Crippen molar-refractivity contribution in [2.75, 3.05) is 13.1 Å². The summed E-state index contributed by atoms with van der Waals surface area (Å²) < 4.78 is 76.6. The van der Waals surface area contributed by atoms with Crippen molar-refractivity contribution in [1.29, 1.82) is 0 Å². The van der Waals surface area contributed by atoms with Crippen molar-refractivity contribution in [3.8, 4) is 0 Å². The lowest BCUT2D eigenvalue weighted by molar-refractivity contribution is -0.137. The van der Waals surface area contributed by atoms with Gasteiger partial charge < -0.3 is 5.32 Å². The van der Waals surface area contributed by atoms with E-state index in [9.17, 15) is 26.0 Å². The summed E-state index contributed by atoms with van der Waals surface area (Å²) in [6.07, 6.45) is -4.73. The van der Waals surface area contributed by atoms with Crippen LogP contribution in [0, 0.1) is 5.82 Å². The molecule has 0 bridgehead atoms. The van der Waals surface area contributed by atoms with Crippen molar-refractivity contribution in [2.24, 2.45) is 0 Å². The fourth-order valence-electron chi connectivity index (χ4n) is 1.54. The second-order valence-electron chi connectivity index (χ2n) is 4.12. The van der Waals surface area contributed by atoms with Crippen LogP contribution in [0.15, 0.2) is 23.1 Å². The number of alkyl halides is 3. The van der Waals surface area contributed by atoms with Gasteiger partial charge >= 0.3 is 6.18 Å². The molecule has 0 aliphatic carbocycles. The van der Waals surface area contributed by atoms with E-state index in [1.807, 2.05) is 0 Å². The Morgan fingerprint density at radius 3 is 2.30 bits per heavy atom. The molecule has 0 radical (unpaired) electrons. The highest BCUT2D eigenvalue weighted by molar-refractivity contribution is 7.89. The Bertz CT molecular complexity index is 587. The maximum atomic E-state index is 13.4. The van der Waals surface area contributed by atoms with Crippen LogP contribution in [0.2, 0.25) is 0 Å². The topological polar surface area (TPSA) is 58.2 Å². The second-order valence-corrected chi connectivity index (χ2v) is 5.80. The van der Waals surface area contributed by atoms with Crippen LogP contribution in [0.4, 0.5) is 17.6 Å². The standard InChI is InChI=1S/C10H10F4N2O2S.ClH/c11-8-2-1-6(10(12,13)14)3-9(8)19(17,18)16-7-4-15-5-7;/h1-3,7,15-16H,4-5H2;1H. The molecular formula is C10H11ClF4N2O2S. The molecule has 0 spiro atoms. The minimum Gasteiger partial charge on any atom is -0.313 e. The van der Waals surface area contributed by atoms with Crippen molar-refractivity contribution < 1.29 is 26.0 Å². The van der Waals surface area contributed by atoms with Crippen molar-refractivity contribution in [3.63, 3.8) is 0 Å². The SMILES string of the molecule is Cl.O=S(=O)(NC1CNC1)c1cc(C(F)(F)F)ccc1F. The predicted molar refractivity (Wildman–Crippen MR) is 65.6 cm³/mol. The molecule has 20 heavy (non-hydrogen) atoms. The summed E-state index contributed by atoms with van der Waals surface area (Å²) in [5.74, 6) is -1.22. The Labute approximate surface area is 119 Å². The predicted octanol–water partition coefficient (Wildman–Crippen LogP) is 1.52. The number of benzene rings is 1. The van der Waals surface area contributed by atoms with Crippen molar-refractivity contribution in [3.05, 3.63) is 29.6 Å². The summed E-state index contributed by atoms with van der Waals surface area (Å²) in [5, 5.41) is 2.78. The third-order valence-corrected chi connectivity index (χ3v) is 4.19. The molecule has 4 nitrogen and oxygen atoms in total. The van der Waals surface area contributed by atoms with Gasteiger partial charge in [-0.2, -0.15) is 13.2 Å². The van der Waals surface area contributed by atoms with E-state index in [0.29, 0.717) is 31.3 Å². The van der Waals surface area contributed by atoms with Gasteiger partial charge in [-0.3, -0.25) is 0 Å². The van der Waals surface area contributed by atoms with E-state index < -0.39 is 38.5 Å². The Morgan fingerprint density at radius 1 is 1.25 bits per heavy atom. The first kappa shape index (κ1) is 17.2. The van der Waals surface area contributed by atoms with Gasteiger partial charge in [0.05, 0.1) is 5.56 Å². The van der Waals surface area contributed by atoms with E-state index in [1.54, 1.807) is 0 Å². The van der Waals surface area contributed by atoms with E-state index in [4.69, 9.17) is 0 Å². The lowest BCUT2D eigenvalue weighted by Crippen LogP contribution is -2.56. The Balaban J connectivity index is 0.00000200. The molecular weight excluding hydrogens is 324 g/mol. The van der Waals surface area contributed by atoms with Gasteiger partial charge in [-0.25, -0.2) is 17.5 Å². The van der Waals surface area contributed by atoms with Crippen LogP contribution < -0.4 is 10.0 Å². The molecule has 0 aromatic heterocycles. The highest BCUT2D eigenvalue weighted by atomic mass is 35.5. The first-order chi connectivity index (χ1) is 8.70. The van der Waals surface area contributed by atoms with E-state index in [-0.39, 0.29) is 12.4 Å². The maximum absolute atomic E-state index is 13.4. The van der Waals surface area contributed by atoms with Gasteiger partial charge in [0.2, 0.25) is 10.0 Å². The molecule has 2 rings (SSSR count). The summed E-state index contributed by atoms with van der Waals surface area (Å²) in [7, 11) is -4.30. The molecule has 2 N–H and O–H groups in total. The minimum absolute atomic E-state index is 0. The third kappa shape index (κ3) is 3.60. The molecule has 1 aromatic carbocycles. The molecule has 1 aliphatic heterocycles. The summed E-state index contributed by atoms with van der Waals surface area (Å²) in [6, 6.07) is 0.860. The highest BCUT2D eigenvalue weighted by Crippen LogP contribution is 2.31. The number of hydrogen-bond donors (Lipinski definition) is 2. The molecule has 1 fully saturated rings. The van der Waals surface area contributed by atoms with Gasteiger partial charge in [-0.15, -0.1) is 12.4 Å². The highest BCUT2D eigenvalue weighted by Gasteiger charge is 2.34. The molecule has 1 heterocycles. The molecule has 114 valence electrons. The van der Waals surface area contributed by atoms with Gasteiger partial charge in [0.1, 0.15) is 10.7 Å². The van der Waals surface area contributed by atoms with E-state index in [0.717, 1.165) is 0 Å². The van der Waals surface area contributed by atoms with Crippen LogP contribution in [-0.4, -0.2) is 27.5 Å². The Hall–Kier alpha value is -0.900. The summed E-state index contributed by atoms with van der Waals surface area (Å²) >= 11 is 0. The van der Waals surface area contributed by atoms with Crippen LogP contribution in [-0.2, 0) is 16.2 Å². The van der Waals surface area contributed by atoms with Crippen molar-refractivity contribution >= 4 is 22.4 Å². The summed E-state index contributed by atoms with van der Waals surface area (Å²) in [5.41, 5.74) is -1.21. The zero-order chi connectivity index (χ0) is 14.3. The molecule has 0 atom stereocenters. The zero-order valence-corrected chi connectivity index (χ0v) is 11.5. The molecule has 10 heteroatoms. The molecule has 1 aromatic rings. The van der Waals surface area contributed by atoms with Crippen LogP contribution >= 0.6 is 12.4 Å². The van der Waals surface area contributed by atoms with E-state index >= 15 is 0 Å². The number of rotatable bonds is 3. The monoisotopic (exact) mass is 334 g/mol. The number of sulfonamides is 1. The third-order valence-electron chi connectivity index (χ3n) is 2.65. The zero-order valence-electron chi connectivity index (χ0n) is 9.87. The number of halogens is 5. The van der Waals surface area contributed by atoms with Crippen LogP contribution in [0.3, 0.4) is 0 Å². The quantitative estimate of drug-likeness (QED) is 0.824. The second kappa shape index (κ2) is 5.84. The van der Waals surface area contributed by atoms with Gasteiger partial charge in [0.25, 0.3) is 0 Å². The lowest BCUT2D eigenvalue weighted by Gasteiger charge is -2.27. The van der Waals surface area contributed by atoms with E-state index in [1.165, 1.54) is 0 Å². The Morgan fingerprint density at radius 2 is 1.85 bits per heavy atom. The van der Waals surface area contributed by atoms with Crippen molar-refractivity contribution in [2.45, 2.75) is 17.1 Å². The van der Waals surface area contributed by atoms with E-state index in [2.05, 4.69) is 10.0 Å². The largest absolute Gasteiger partial charge is 0.416 e. The maximum Gasteiger partial charge on any atom is 0.416 e. The molecule has 0 unspecified atom stereocenters. The van der Waals surface area contributed by atoms with Crippen molar-refractivity contribution in [1.82, 2.24) is 10.0 Å². The van der Waals surface area contributed by atoms with Crippen LogP contribution in [0.5, 0.6) is 0 Å². The number of hydrogen-bond acceptors (Lipinski definition) is 3. The summed E-state index contributed by atoms with van der Waals surface area (Å²) in [6.45, 7) is 0.722. The minimum atomic E-state index is -4.73. The first-order valence-electron chi connectivity index (χ1n) is 5.30. The van der Waals surface area contributed by atoms with Crippen LogP contribution in [0.1, 0.15) is 5.56 Å².